The van der Waals surface area contributed by atoms with E-state index < -0.39 is 0 Å². The zero-order chi connectivity index (χ0) is 20.5. The van der Waals surface area contributed by atoms with Gasteiger partial charge in [-0.25, -0.2) is 9.67 Å². The first-order chi connectivity index (χ1) is 14.7. The third-order valence-corrected chi connectivity index (χ3v) is 5.83. The summed E-state index contributed by atoms with van der Waals surface area (Å²) in [7, 11) is 0. The van der Waals surface area contributed by atoms with Crippen molar-refractivity contribution in [2.24, 2.45) is 0 Å². The van der Waals surface area contributed by atoms with Gasteiger partial charge in [-0.05, 0) is 29.8 Å². The van der Waals surface area contributed by atoms with Gasteiger partial charge in [-0.15, -0.1) is 5.10 Å². The number of rotatable bonds is 3. The summed E-state index contributed by atoms with van der Waals surface area (Å²) in [5.74, 6) is 0.845. The lowest BCUT2D eigenvalue weighted by Crippen LogP contribution is -2.49. The van der Waals surface area contributed by atoms with Crippen LogP contribution in [0.2, 0.25) is 5.02 Å². The largest absolute Gasteiger partial charge is 0.365 e. The molecule has 9 heteroatoms. The Morgan fingerprint density at radius 2 is 1.87 bits per heavy atom. The van der Waals surface area contributed by atoms with Crippen molar-refractivity contribution in [3.63, 3.8) is 0 Å². The molecule has 0 aliphatic carbocycles. The maximum atomic E-state index is 13.1. The number of hydrogen-bond donors (Lipinski definition) is 0. The summed E-state index contributed by atoms with van der Waals surface area (Å²) in [6.45, 7) is 3.54. The van der Waals surface area contributed by atoms with Crippen molar-refractivity contribution in [1.29, 1.82) is 0 Å². The van der Waals surface area contributed by atoms with Gasteiger partial charge in [-0.2, -0.15) is 0 Å². The molecule has 0 unspecified atom stereocenters. The van der Waals surface area contributed by atoms with Crippen LogP contribution in [0.15, 0.2) is 48.7 Å². The van der Waals surface area contributed by atoms with Crippen molar-refractivity contribution in [3.05, 3.63) is 70.6 Å². The number of pyridine rings is 1. The summed E-state index contributed by atoms with van der Waals surface area (Å²) in [6.07, 6.45) is 1.65. The molecule has 0 bridgehead atoms. The van der Waals surface area contributed by atoms with Crippen LogP contribution in [-0.2, 0) is 17.9 Å². The van der Waals surface area contributed by atoms with Gasteiger partial charge in [0.15, 0.2) is 5.69 Å². The second-order valence-electron chi connectivity index (χ2n) is 7.39. The first-order valence-electron chi connectivity index (χ1n) is 9.94. The molecule has 2 aliphatic rings. The lowest BCUT2D eigenvalue weighted by molar-refractivity contribution is -0.00196. The van der Waals surface area contributed by atoms with Gasteiger partial charge in [-0.1, -0.05) is 35.0 Å². The van der Waals surface area contributed by atoms with Crippen LogP contribution in [0.4, 0.5) is 5.82 Å². The molecule has 0 spiro atoms. The highest BCUT2D eigenvalue weighted by atomic mass is 35.5. The van der Waals surface area contributed by atoms with Crippen LogP contribution in [0, 0.1) is 0 Å². The molecule has 3 aromatic rings. The van der Waals surface area contributed by atoms with Gasteiger partial charge >= 0.3 is 0 Å². The van der Waals surface area contributed by atoms with Gasteiger partial charge in [-0.3, -0.25) is 4.79 Å². The van der Waals surface area contributed by atoms with Gasteiger partial charge in [0.2, 0.25) is 0 Å². The quantitative estimate of drug-likeness (QED) is 0.643. The Labute approximate surface area is 179 Å². The molecule has 2 aromatic heterocycles. The molecular formula is C21H21ClN6O2. The number of amides is 1. The third-order valence-electron chi connectivity index (χ3n) is 5.58. The molecule has 5 rings (SSSR count). The van der Waals surface area contributed by atoms with Crippen molar-refractivity contribution in [1.82, 2.24) is 24.9 Å². The molecule has 0 radical (unpaired) electrons. The molecule has 1 amide bonds. The summed E-state index contributed by atoms with van der Waals surface area (Å²) in [5.41, 5.74) is 2.15. The van der Waals surface area contributed by atoms with Crippen LogP contribution >= 0.6 is 11.6 Å². The molecule has 8 nitrogen and oxygen atoms in total. The van der Waals surface area contributed by atoms with Gasteiger partial charge in [0.1, 0.15) is 11.9 Å². The number of nitrogens with zero attached hydrogens (tertiary/aromatic N) is 6. The third kappa shape index (κ3) is 3.64. The number of carbonyl (C=O) groups excluding carboxylic acids is 1. The minimum Gasteiger partial charge on any atom is -0.365 e. The predicted octanol–water partition coefficient (Wildman–Crippen LogP) is 2.56. The van der Waals surface area contributed by atoms with E-state index in [1.165, 1.54) is 0 Å². The monoisotopic (exact) mass is 424 g/mol. The van der Waals surface area contributed by atoms with Crippen molar-refractivity contribution in [2.75, 3.05) is 31.1 Å². The minimum absolute atomic E-state index is 0.0922. The molecule has 1 fully saturated rings. The Balaban J connectivity index is 1.26. The molecule has 0 saturated carbocycles. The number of halogens is 1. The fraction of sp³-hybridized carbons (Fsp3) is 0.333. The molecule has 1 atom stereocenters. The number of carbonyl (C=O) groups is 1. The van der Waals surface area contributed by atoms with E-state index in [1.807, 2.05) is 47.4 Å². The fourth-order valence-electron chi connectivity index (χ4n) is 3.89. The molecule has 2 aliphatic heterocycles. The van der Waals surface area contributed by atoms with Crippen molar-refractivity contribution >= 4 is 23.3 Å². The van der Waals surface area contributed by atoms with Crippen molar-refractivity contribution in [2.45, 2.75) is 19.3 Å². The Bertz CT molecular complexity index is 1030. The first kappa shape index (κ1) is 19.0. The van der Waals surface area contributed by atoms with E-state index in [4.69, 9.17) is 16.3 Å². The summed E-state index contributed by atoms with van der Waals surface area (Å²) in [4.78, 5) is 21.5. The summed E-state index contributed by atoms with van der Waals surface area (Å²) in [6, 6.07) is 13.4. The van der Waals surface area contributed by atoms with Crippen LogP contribution in [-0.4, -0.2) is 57.0 Å². The Kier molecular flexibility index (Phi) is 5.10. The number of benzene rings is 1. The van der Waals surface area contributed by atoms with E-state index in [-0.39, 0.29) is 12.0 Å². The lowest BCUT2D eigenvalue weighted by atomic mass is 10.1. The van der Waals surface area contributed by atoms with Crippen LogP contribution < -0.4 is 4.90 Å². The SMILES string of the molecule is O=C(c1nnn2c1CO[C@H](c1ccc(Cl)cc1)C2)N1CCN(c2ccccn2)CC1. The lowest BCUT2D eigenvalue weighted by Gasteiger charge is -2.35. The highest BCUT2D eigenvalue weighted by Crippen LogP contribution is 2.28. The van der Waals surface area contributed by atoms with Gasteiger partial charge in [0, 0.05) is 37.4 Å². The van der Waals surface area contributed by atoms with Crippen LogP contribution in [0.1, 0.15) is 27.8 Å². The second kappa shape index (κ2) is 8.04. The van der Waals surface area contributed by atoms with E-state index in [1.54, 1.807) is 10.9 Å². The zero-order valence-corrected chi connectivity index (χ0v) is 17.1. The summed E-state index contributed by atoms with van der Waals surface area (Å²) in [5, 5.41) is 9.10. The number of anilines is 1. The number of fused-ring (bicyclic) bond motifs is 1. The number of piperazine rings is 1. The number of ether oxygens (including phenoxy) is 1. The second-order valence-corrected chi connectivity index (χ2v) is 7.82. The average Bonchev–Trinajstić information content (AvgIpc) is 3.23. The van der Waals surface area contributed by atoms with E-state index in [2.05, 4.69) is 20.2 Å². The van der Waals surface area contributed by atoms with E-state index in [0.717, 1.165) is 30.2 Å². The smallest absolute Gasteiger partial charge is 0.276 e. The topological polar surface area (TPSA) is 76.4 Å². The molecule has 30 heavy (non-hydrogen) atoms. The van der Waals surface area contributed by atoms with Gasteiger partial charge in [0.05, 0.1) is 18.8 Å². The summed E-state index contributed by atoms with van der Waals surface area (Å²) < 4.78 is 7.79. The molecule has 154 valence electrons. The van der Waals surface area contributed by atoms with Gasteiger partial charge < -0.3 is 14.5 Å². The van der Waals surface area contributed by atoms with E-state index in [0.29, 0.717) is 37.0 Å². The van der Waals surface area contributed by atoms with Crippen LogP contribution in [0.3, 0.4) is 0 Å². The van der Waals surface area contributed by atoms with Crippen LogP contribution in [0.25, 0.3) is 0 Å². The first-order valence-corrected chi connectivity index (χ1v) is 10.3. The van der Waals surface area contributed by atoms with Gasteiger partial charge in [0.25, 0.3) is 5.91 Å². The Hall–Kier alpha value is -2.97. The Morgan fingerprint density at radius 1 is 1.07 bits per heavy atom. The van der Waals surface area contributed by atoms with E-state index >= 15 is 0 Å². The van der Waals surface area contributed by atoms with Crippen molar-refractivity contribution < 1.29 is 9.53 Å². The molecule has 0 N–H and O–H groups in total. The molecular weight excluding hydrogens is 404 g/mol. The highest BCUT2D eigenvalue weighted by molar-refractivity contribution is 6.30. The maximum absolute atomic E-state index is 13.1. The molecule has 4 heterocycles. The van der Waals surface area contributed by atoms with Crippen molar-refractivity contribution in [3.8, 4) is 0 Å². The normalized spacial score (nSPS) is 18.9. The zero-order valence-electron chi connectivity index (χ0n) is 16.3. The molecule has 1 aromatic carbocycles. The average molecular weight is 425 g/mol. The Morgan fingerprint density at radius 3 is 2.60 bits per heavy atom. The predicted molar refractivity (Wildman–Crippen MR) is 111 cm³/mol. The fourth-order valence-corrected chi connectivity index (χ4v) is 4.01. The number of hydrogen-bond acceptors (Lipinski definition) is 6. The maximum Gasteiger partial charge on any atom is 0.276 e. The highest BCUT2D eigenvalue weighted by Gasteiger charge is 2.31. The minimum atomic E-state index is -0.138. The van der Waals surface area contributed by atoms with Crippen LogP contribution in [0.5, 0.6) is 0 Å². The molecule has 1 saturated heterocycles. The standard InChI is InChI=1S/C21H21ClN6O2/c22-16-6-4-15(5-7-16)18-13-28-17(14-30-18)20(24-25-28)21(29)27-11-9-26(10-12-27)19-3-1-2-8-23-19/h1-8,18H,9-14H2/t18-/m0/s1. The summed E-state index contributed by atoms with van der Waals surface area (Å²) >= 11 is 5.97. The van der Waals surface area contributed by atoms with E-state index in [9.17, 15) is 4.79 Å². The number of aromatic nitrogens is 4.